The summed E-state index contributed by atoms with van der Waals surface area (Å²) in [5, 5.41) is 12.4. The molecule has 0 radical (unpaired) electrons. The number of hydrogen-bond acceptors (Lipinski definition) is 6. The number of nitrogens with one attached hydrogen (secondary N) is 1. The third-order valence-corrected chi connectivity index (χ3v) is 5.68. The Morgan fingerprint density at radius 1 is 1.29 bits per heavy atom. The molecule has 1 aliphatic carbocycles. The Morgan fingerprint density at radius 2 is 2.12 bits per heavy atom. The van der Waals surface area contributed by atoms with Crippen LogP contribution in [0, 0.1) is 12.8 Å². The van der Waals surface area contributed by atoms with Crippen molar-refractivity contribution in [3.05, 3.63) is 28.4 Å². The lowest BCUT2D eigenvalue weighted by Crippen LogP contribution is -2.38. The normalized spacial score (nSPS) is 17.8. The van der Waals surface area contributed by atoms with E-state index in [4.69, 9.17) is 0 Å². The summed E-state index contributed by atoms with van der Waals surface area (Å²) in [6.07, 6.45) is 6.83. The van der Waals surface area contributed by atoms with E-state index in [1.165, 1.54) is 23.3 Å². The molecule has 6 nitrogen and oxygen atoms in total. The molecule has 0 spiro atoms. The molecule has 2 aromatic rings. The molecule has 0 aromatic carbocycles. The highest BCUT2D eigenvalue weighted by Crippen LogP contribution is 2.27. The van der Waals surface area contributed by atoms with Crippen LogP contribution in [0.2, 0.25) is 0 Å². The molecule has 126 valence electrons. The standard InChI is InChI=1S/C17H21N5OS/c1-11-10-18-17(24-11)19-16(23)12-5-7-22(8-6-12)15-9-13-3-2-4-14(13)20-21-15/h9-10,12H,2-8H2,1H3,(H,18,19,23). The summed E-state index contributed by atoms with van der Waals surface area (Å²) < 4.78 is 0. The topological polar surface area (TPSA) is 71.0 Å². The van der Waals surface area contributed by atoms with Crippen molar-refractivity contribution < 1.29 is 4.79 Å². The molecule has 1 amide bonds. The van der Waals surface area contributed by atoms with Gasteiger partial charge in [-0.3, -0.25) is 4.79 Å². The summed E-state index contributed by atoms with van der Waals surface area (Å²) in [5.74, 6) is 1.10. The molecule has 0 saturated carbocycles. The van der Waals surface area contributed by atoms with Gasteiger partial charge < -0.3 is 10.2 Å². The van der Waals surface area contributed by atoms with E-state index >= 15 is 0 Å². The number of thiazole rings is 1. The SMILES string of the molecule is Cc1cnc(NC(=O)C2CCN(c3cc4c(nn3)CCC4)CC2)s1. The molecule has 1 saturated heterocycles. The second kappa shape index (κ2) is 6.47. The first-order chi connectivity index (χ1) is 11.7. The lowest BCUT2D eigenvalue weighted by Gasteiger charge is -2.31. The summed E-state index contributed by atoms with van der Waals surface area (Å²) in [6.45, 7) is 3.69. The van der Waals surface area contributed by atoms with Gasteiger partial charge in [-0.05, 0) is 50.7 Å². The lowest BCUT2D eigenvalue weighted by molar-refractivity contribution is -0.120. The summed E-state index contributed by atoms with van der Waals surface area (Å²) in [7, 11) is 0. The van der Waals surface area contributed by atoms with Crippen LogP contribution in [0.5, 0.6) is 0 Å². The number of carbonyl (C=O) groups is 1. The third kappa shape index (κ3) is 3.13. The van der Waals surface area contributed by atoms with Crippen LogP contribution >= 0.6 is 11.3 Å². The number of nitrogens with zero attached hydrogens (tertiary/aromatic N) is 4. The average Bonchev–Trinajstić information content (AvgIpc) is 3.23. The molecule has 3 heterocycles. The van der Waals surface area contributed by atoms with Gasteiger partial charge in [0.25, 0.3) is 0 Å². The highest BCUT2D eigenvalue weighted by molar-refractivity contribution is 7.15. The van der Waals surface area contributed by atoms with Crippen molar-refractivity contribution in [2.75, 3.05) is 23.3 Å². The van der Waals surface area contributed by atoms with E-state index < -0.39 is 0 Å². The summed E-state index contributed by atoms with van der Waals surface area (Å²) in [5.41, 5.74) is 2.51. The molecular weight excluding hydrogens is 322 g/mol. The first-order valence-corrected chi connectivity index (χ1v) is 9.34. The Balaban J connectivity index is 1.35. The van der Waals surface area contributed by atoms with Gasteiger partial charge in [0, 0.05) is 30.1 Å². The van der Waals surface area contributed by atoms with Gasteiger partial charge in [-0.1, -0.05) is 0 Å². The third-order valence-electron chi connectivity index (χ3n) is 4.85. The molecule has 0 unspecified atom stereocenters. The highest BCUT2D eigenvalue weighted by atomic mass is 32.1. The van der Waals surface area contributed by atoms with E-state index in [1.807, 2.05) is 6.92 Å². The molecule has 2 aliphatic rings. The number of anilines is 2. The minimum atomic E-state index is 0.0489. The molecule has 7 heteroatoms. The number of aryl methyl sites for hydroxylation is 3. The highest BCUT2D eigenvalue weighted by Gasteiger charge is 2.27. The maximum Gasteiger partial charge on any atom is 0.229 e. The van der Waals surface area contributed by atoms with Crippen LogP contribution in [0.4, 0.5) is 10.9 Å². The van der Waals surface area contributed by atoms with Crippen molar-refractivity contribution >= 4 is 28.2 Å². The molecule has 0 atom stereocenters. The number of rotatable bonds is 3. The quantitative estimate of drug-likeness (QED) is 0.927. The molecule has 1 N–H and O–H groups in total. The van der Waals surface area contributed by atoms with Gasteiger partial charge in [0.1, 0.15) is 0 Å². The van der Waals surface area contributed by atoms with Crippen LogP contribution in [-0.2, 0) is 17.6 Å². The van der Waals surface area contributed by atoms with E-state index in [0.29, 0.717) is 5.13 Å². The largest absolute Gasteiger partial charge is 0.355 e. The fourth-order valence-electron chi connectivity index (χ4n) is 3.46. The number of fused-ring (bicyclic) bond motifs is 1. The molecule has 1 fully saturated rings. The fourth-order valence-corrected chi connectivity index (χ4v) is 4.13. The summed E-state index contributed by atoms with van der Waals surface area (Å²) >= 11 is 1.52. The van der Waals surface area contributed by atoms with E-state index in [-0.39, 0.29) is 11.8 Å². The van der Waals surface area contributed by atoms with Gasteiger partial charge in [-0.25, -0.2) is 4.98 Å². The molecule has 0 bridgehead atoms. The number of hydrogen-bond donors (Lipinski definition) is 1. The van der Waals surface area contributed by atoms with Crippen LogP contribution in [-0.4, -0.2) is 34.2 Å². The van der Waals surface area contributed by atoms with E-state index in [2.05, 4.69) is 31.5 Å². The number of amides is 1. The maximum absolute atomic E-state index is 12.4. The van der Waals surface area contributed by atoms with Crippen molar-refractivity contribution in [3.63, 3.8) is 0 Å². The van der Waals surface area contributed by atoms with Gasteiger partial charge >= 0.3 is 0 Å². The Hall–Kier alpha value is -2.02. The predicted octanol–water partition coefficient (Wildman–Crippen LogP) is 2.59. The molecule has 4 rings (SSSR count). The average molecular weight is 343 g/mol. The predicted molar refractivity (Wildman–Crippen MR) is 94.5 cm³/mol. The molecule has 1 aliphatic heterocycles. The van der Waals surface area contributed by atoms with Crippen molar-refractivity contribution in [3.8, 4) is 0 Å². The van der Waals surface area contributed by atoms with E-state index in [1.54, 1.807) is 6.20 Å². The Kier molecular flexibility index (Phi) is 4.18. The molecular formula is C17H21N5OS. The van der Waals surface area contributed by atoms with Crippen molar-refractivity contribution in [1.82, 2.24) is 15.2 Å². The zero-order valence-electron chi connectivity index (χ0n) is 13.8. The summed E-state index contributed by atoms with van der Waals surface area (Å²) in [4.78, 5) is 19.9. The number of aromatic nitrogens is 3. The van der Waals surface area contributed by atoms with Crippen LogP contribution in [0.3, 0.4) is 0 Å². The second-order valence-corrected chi connectivity index (χ2v) is 7.79. The van der Waals surface area contributed by atoms with Gasteiger partial charge in [0.2, 0.25) is 5.91 Å². The second-order valence-electron chi connectivity index (χ2n) is 6.55. The van der Waals surface area contributed by atoms with Crippen LogP contribution in [0.15, 0.2) is 12.3 Å². The minimum Gasteiger partial charge on any atom is -0.355 e. The Labute approximate surface area is 145 Å². The molecule has 24 heavy (non-hydrogen) atoms. The monoisotopic (exact) mass is 343 g/mol. The van der Waals surface area contributed by atoms with Crippen molar-refractivity contribution in [2.24, 2.45) is 5.92 Å². The minimum absolute atomic E-state index is 0.0489. The van der Waals surface area contributed by atoms with Gasteiger partial charge in [0.05, 0.1) is 5.69 Å². The maximum atomic E-state index is 12.4. The van der Waals surface area contributed by atoms with Crippen molar-refractivity contribution in [2.45, 2.75) is 39.0 Å². The van der Waals surface area contributed by atoms with Crippen LogP contribution in [0.25, 0.3) is 0 Å². The van der Waals surface area contributed by atoms with E-state index in [9.17, 15) is 4.79 Å². The molecule has 2 aromatic heterocycles. The number of piperidine rings is 1. The van der Waals surface area contributed by atoms with Gasteiger partial charge in [-0.2, -0.15) is 5.10 Å². The van der Waals surface area contributed by atoms with Crippen LogP contribution < -0.4 is 10.2 Å². The van der Waals surface area contributed by atoms with Gasteiger partial charge in [0.15, 0.2) is 10.9 Å². The first kappa shape index (κ1) is 15.5. The fraction of sp³-hybridized carbons (Fsp3) is 0.529. The lowest BCUT2D eigenvalue weighted by atomic mass is 9.96. The zero-order chi connectivity index (χ0) is 16.5. The van der Waals surface area contributed by atoms with Crippen molar-refractivity contribution in [1.29, 1.82) is 0 Å². The zero-order valence-corrected chi connectivity index (χ0v) is 14.6. The van der Waals surface area contributed by atoms with Crippen LogP contribution in [0.1, 0.15) is 35.4 Å². The van der Waals surface area contributed by atoms with Gasteiger partial charge in [-0.15, -0.1) is 16.4 Å². The number of carbonyl (C=O) groups excluding carboxylic acids is 1. The summed E-state index contributed by atoms with van der Waals surface area (Å²) in [6, 6.07) is 2.19. The Morgan fingerprint density at radius 3 is 2.88 bits per heavy atom. The Bertz CT molecular complexity index is 751. The van der Waals surface area contributed by atoms with E-state index in [0.717, 1.165) is 55.2 Å². The smallest absolute Gasteiger partial charge is 0.229 e. The first-order valence-electron chi connectivity index (χ1n) is 8.53.